The van der Waals surface area contributed by atoms with E-state index < -0.39 is 0 Å². The molecule has 2 aromatic rings. The number of benzene rings is 2. The van der Waals surface area contributed by atoms with Gasteiger partial charge in [-0.05, 0) is 24.6 Å². The number of rotatable bonds is 6. The molecule has 0 spiro atoms. The molecule has 0 saturated carbocycles. The Bertz CT molecular complexity index is 817. The zero-order valence-electron chi connectivity index (χ0n) is 15.7. The summed E-state index contributed by atoms with van der Waals surface area (Å²) in [7, 11) is 0. The first kappa shape index (κ1) is 18.8. The quantitative estimate of drug-likeness (QED) is 0.851. The molecule has 27 heavy (non-hydrogen) atoms. The molecule has 6 heteroatoms. The zero-order chi connectivity index (χ0) is 19.2. The second-order valence-electron chi connectivity index (χ2n) is 6.51. The van der Waals surface area contributed by atoms with Crippen LogP contribution >= 0.6 is 0 Å². The number of hydrogen-bond donors (Lipinski definition) is 1. The third-order valence-corrected chi connectivity index (χ3v) is 4.36. The highest BCUT2D eigenvalue weighted by molar-refractivity contribution is 5.92. The standard InChI is InChI=1S/C21H24N2O4/c1-15-3-5-17(6-4-15)13-21(25)22-9-10-23(16(2)24)18-7-8-19-20(14-18)27-12-11-26-19/h3-8,14H,9-13H2,1-2H3,(H,22,25). The van der Waals surface area contributed by atoms with Gasteiger partial charge in [0.1, 0.15) is 13.2 Å². The van der Waals surface area contributed by atoms with Crippen molar-refractivity contribution in [3.05, 3.63) is 53.6 Å². The number of nitrogens with one attached hydrogen (secondary N) is 1. The molecule has 142 valence electrons. The predicted molar refractivity (Wildman–Crippen MR) is 103 cm³/mol. The van der Waals surface area contributed by atoms with Crippen LogP contribution in [0.1, 0.15) is 18.1 Å². The summed E-state index contributed by atoms with van der Waals surface area (Å²) in [6.45, 7) is 5.29. The molecule has 0 saturated heterocycles. The number of fused-ring (bicyclic) bond motifs is 1. The van der Waals surface area contributed by atoms with Gasteiger partial charge in [-0.25, -0.2) is 0 Å². The van der Waals surface area contributed by atoms with E-state index in [0.717, 1.165) is 16.8 Å². The van der Waals surface area contributed by atoms with E-state index >= 15 is 0 Å². The zero-order valence-corrected chi connectivity index (χ0v) is 15.7. The second-order valence-corrected chi connectivity index (χ2v) is 6.51. The molecule has 0 aromatic heterocycles. The van der Waals surface area contributed by atoms with Crippen molar-refractivity contribution in [1.82, 2.24) is 5.32 Å². The fourth-order valence-corrected chi connectivity index (χ4v) is 2.93. The van der Waals surface area contributed by atoms with Crippen LogP contribution in [0, 0.1) is 6.92 Å². The van der Waals surface area contributed by atoms with Gasteiger partial charge in [0.15, 0.2) is 11.5 Å². The molecule has 0 bridgehead atoms. The first-order valence-corrected chi connectivity index (χ1v) is 9.03. The maximum Gasteiger partial charge on any atom is 0.224 e. The molecule has 3 rings (SSSR count). The maximum atomic E-state index is 12.1. The van der Waals surface area contributed by atoms with Crippen LogP contribution in [-0.2, 0) is 16.0 Å². The Hall–Kier alpha value is -3.02. The van der Waals surface area contributed by atoms with Gasteiger partial charge < -0.3 is 19.7 Å². The van der Waals surface area contributed by atoms with Crippen LogP contribution in [0.4, 0.5) is 5.69 Å². The van der Waals surface area contributed by atoms with Gasteiger partial charge in [0.2, 0.25) is 11.8 Å². The molecule has 0 radical (unpaired) electrons. The minimum atomic E-state index is -0.0977. The maximum absolute atomic E-state index is 12.1. The number of anilines is 1. The van der Waals surface area contributed by atoms with Gasteiger partial charge in [-0.2, -0.15) is 0 Å². The summed E-state index contributed by atoms with van der Waals surface area (Å²) in [6, 6.07) is 13.3. The van der Waals surface area contributed by atoms with Crippen LogP contribution in [0.15, 0.2) is 42.5 Å². The highest BCUT2D eigenvalue weighted by Gasteiger charge is 2.17. The molecule has 1 aliphatic rings. The summed E-state index contributed by atoms with van der Waals surface area (Å²) in [4.78, 5) is 25.8. The Morgan fingerprint density at radius 3 is 2.44 bits per heavy atom. The van der Waals surface area contributed by atoms with Gasteiger partial charge in [-0.15, -0.1) is 0 Å². The van der Waals surface area contributed by atoms with Gasteiger partial charge in [-0.1, -0.05) is 29.8 Å². The Morgan fingerprint density at radius 1 is 1.04 bits per heavy atom. The molecule has 0 unspecified atom stereocenters. The lowest BCUT2D eigenvalue weighted by molar-refractivity contribution is -0.121. The first-order chi connectivity index (χ1) is 13.0. The van der Waals surface area contributed by atoms with E-state index in [9.17, 15) is 9.59 Å². The van der Waals surface area contributed by atoms with E-state index in [0.29, 0.717) is 44.2 Å². The SMILES string of the molecule is CC(=O)N(CCNC(=O)Cc1ccc(C)cc1)c1ccc2c(c1)OCCO2. The van der Waals surface area contributed by atoms with E-state index in [-0.39, 0.29) is 11.8 Å². The molecule has 6 nitrogen and oxygen atoms in total. The molecule has 0 fully saturated rings. The topological polar surface area (TPSA) is 67.9 Å². The number of carbonyl (C=O) groups excluding carboxylic acids is 2. The molecule has 2 amide bonds. The van der Waals surface area contributed by atoms with Crippen LogP contribution in [-0.4, -0.2) is 38.1 Å². The lowest BCUT2D eigenvalue weighted by Gasteiger charge is -2.24. The fourth-order valence-electron chi connectivity index (χ4n) is 2.93. The third-order valence-electron chi connectivity index (χ3n) is 4.36. The summed E-state index contributed by atoms with van der Waals surface area (Å²) >= 11 is 0. The summed E-state index contributed by atoms with van der Waals surface area (Å²) < 4.78 is 11.1. The number of amides is 2. The second kappa shape index (κ2) is 8.58. The average Bonchev–Trinajstić information content (AvgIpc) is 2.66. The van der Waals surface area contributed by atoms with E-state index in [1.807, 2.05) is 37.3 Å². The third kappa shape index (κ3) is 5.00. The van der Waals surface area contributed by atoms with Gasteiger partial charge >= 0.3 is 0 Å². The van der Waals surface area contributed by atoms with E-state index in [1.54, 1.807) is 17.0 Å². The summed E-state index contributed by atoms with van der Waals surface area (Å²) in [5.41, 5.74) is 2.85. The Morgan fingerprint density at radius 2 is 1.74 bits per heavy atom. The van der Waals surface area contributed by atoms with Crippen molar-refractivity contribution in [2.75, 3.05) is 31.2 Å². The van der Waals surface area contributed by atoms with Crippen LogP contribution in [0.2, 0.25) is 0 Å². The Kier molecular flexibility index (Phi) is 5.96. The summed E-state index contributed by atoms with van der Waals surface area (Å²) in [6.07, 6.45) is 0.324. The Labute approximate surface area is 159 Å². The monoisotopic (exact) mass is 368 g/mol. The lowest BCUT2D eigenvalue weighted by Crippen LogP contribution is -2.38. The van der Waals surface area contributed by atoms with Gasteiger partial charge in [0.25, 0.3) is 0 Å². The fraction of sp³-hybridized carbons (Fsp3) is 0.333. The van der Waals surface area contributed by atoms with Crippen LogP contribution in [0.25, 0.3) is 0 Å². The molecule has 0 atom stereocenters. The molecular weight excluding hydrogens is 344 g/mol. The van der Waals surface area contributed by atoms with Crippen molar-refractivity contribution in [3.63, 3.8) is 0 Å². The number of aryl methyl sites for hydroxylation is 1. The van der Waals surface area contributed by atoms with Crippen molar-refractivity contribution in [2.24, 2.45) is 0 Å². The Balaban J connectivity index is 1.56. The number of ether oxygens (including phenoxy) is 2. The lowest BCUT2D eigenvalue weighted by atomic mass is 10.1. The molecule has 0 aliphatic carbocycles. The summed E-state index contributed by atoms with van der Waals surface area (Å²) in [5.74, 6) is 1.15. The van der Waals surface area contributed by atoms with Crippen molar-refractivity contribution in [2.45, 2.75) is 20.3 Å². The van der Waals surface area contributed by atoms with Gasteiger partial charge in [-0.3, -0.25) is 9.59 Å². The number of nitrogens with zero attached hydrogens (tertiary/aromatic N) is 1. The molecular formula is C21H24N2O4. The van der Waals surface area contributed by atoms with Gasteiger partial charge in [0, 0.05) is 31.8 Å². The largest absolute Gasteiger partial charge is 0.486 e. The van der Waals surface area contributed by atoms with Crippen molar-refractivity contribution < 1.29 is 19.1 Å². The van der Waals surface area contributed by atoms with Gasteiger partial charge in [0.05, 0.1) is 6.42 Å². The number of carbonyl (C=O) groups is 2. The smallest absolute Gasteiger partial charge is 0.224 e. The van der Waals surface area contributed by atoms with Crippen molar-refractivity contribution in [1.29, 1.82) is 0 Å². The summed E-state index contributed by atoms with van der Waals surface area (Å²) in [5, 5.41) is 2.87. The molecule has 2 aromatic carbocycles. The van der Waals surface area contributed by atoms with Crippen LogP contribution < -0.4 is 19.7 Å². The van der Waals surface area contributed by atoms with E-state index in [1.165, 1.54) is 6.92 Å². The minimum absolute atomic E-state index is 0.0653. The molecule has 1 aliphatic heterocycles. The van der Waals surface area contributed by atoms with Crippen molar-refractivity contribution >= 4 is 17.5 Å². The van der Waals surface area contributed by atoms with Crippen LogP contribution in [0.5, 0.6) is 11.5 Å². The van der Waals surface area contributed by atoms with Crippen molar-refractivity contribution in [3.8, 4) is 11.5 Å². The molecule has 1 N–H and O–H groups in total. The van der Waals surface area contributed by atoms with Crippen LogP contribution in [0.3, 0.4) is 0 Å². The van der Waals surface area contributed by atoms with E-state index in [4.69, 9.17) is 9.47 Å². The number of hydrogen-bond acceptors (Lipinski definition) is 4. The average molecular weight is 368 g/mol. The van der Waals surface area contributed by atoms with E-state index in [2.05, 4.69) is 5.32 Å². The normalized spacial score (nSPS) is 12.4. The predicted octanol–water partition coefficient (Wildman–Crippen LogP) is 2.48. The highest BCUT2D eigenvalue weighted by atomic mass is 16.6. The molecule has 1 heterocycles. The highest BCUT2D eigenvalue weighted by Crippen LogP contribution is 2.33. The first-order valence-electron chi connectivity index (χ1n) is 9.03. The minimum Gasteiger partial charge on any atom is -0.486 e.